The van der Waals surface area contributed by atoms with E-state index in [0.29, 0.717) is 5.56 Å². The fraction of sp³-hybridized carbons (Fsp3) is 0.300. The lowest BCUT2D eigenvalue weighted by molar-refractivity contribution is 0.1000. The third-order valence-corrected chi connectivity index (χ3v) is 3.40. The van der Waals surface area contributed by atoms with Crippen LogP contribution in [0.25, 0.3) is 0 Å². The Balaban J connectivity index is 2.40. The van der Waals surface area contributed by atoms with Crippen LogP contribution < -0.4 is 5.73 Å². The van der Waals surface area contributed by atoms with Crippen molar-refractivity contribution < 1.29 is 4.79 Å². The van der Waals surface area contributed by atoms with Crippen LogP contribution in [-0.4, -0.2) is 11.7 Å². The summed E-state index contributed by atoms with van der Waals surface area (Å²) in [7, 11) is 0. The predicted molar refractivity (Wildman–Crippen MR) is 54.0 cm³/mol. The number of thioether (sulfide) groups is 1. The van der Waals surface area contributed by atoms with Crippen LogP contribution in [0, 0.1) is 0 Å². The highest BCUT2D eigenvalue weighted by Crippen LogP contribution is 2.30. The molecule has 0 unspecified atom stereocenters. The van der Waals surface area contributed by atoms with Gasteiger partial charge in [0.15, 0.2) is 0 Å². The number of aryl methyl sites for hydroxylation is 1. The first-order valence-electron chi connectivity index (χ1n) is 4.33. The second-order valence-electron chi connectivity index (χ2n) is 3.14. The van der Waals surface area contributed by atoms with E-state index in [1.54, 1.807) is 6.07 Å². The van der Waals surface area contributed by atoms with Gasteiger partial charge in [-0.15, -0.1) is 11.8 Å². The van der Waals surface area contributed by atoms with Gasteiger partial charge in [-0.1, -0.05) is 0 Å². The summed E-state index contributed by atoms with van der Waals surface area (Å²) in [5.74, 6) is 0.849. The second-order valence-corrected chi connectivity index (χ2v) is 4.28. The van der Waals surface area contributed by atoms with Gasteiger partial charge in [0, 0.05) is 10.5 Å². The molecule has 2 N–H and O–H groups in total. The van der Waals surface area contributed by atoms with Crippen LogP contribution in [-0.2, 0) is 6.42 Å². The van der Waals surface area contributed by atoms with Crippen molar-refractivity contribution in [2.45, 2.75) is 17.7 Å². The molecule has 0 saturated heterocycles. The summed E-state index contributed by atoms with van der Waals surface area (Å²) < 4.78 is 0. The Morgan fingerprint density at radius 1 is 1.46 bits per heavy atom. The summed E-state index contributed by atoms with van der Waals surface area (Å²) >= 11 is 1.86. The van der Waals surface area contributed by atoms with E-state index in [1.165, 1.54) is 22.6 Å². The number of benzene rings is 1. The first-order chi connectivity index (χ1) is 6.27. The molecule has 68 valence electrons. The third kappa shape index (κ3) is 1.70. The Hall–Kier alpha value is -0.960. The zero-order chi connectivity index (χ0) is 9.26. The quantitative estimate of drug-likeness (QED) is 0.739. The van der Waals surface area contributed by atoms with Crippen molar-refractivity contribution in [1.29, 1.82) is 0 Å². The van der Waals surface area contributed by atoms with Gasteiger partial charge in [-0.25, -0.2) is 0 Å². The van der Waals surface area contributed by atoms with Crippen LogP contribution in [0.1, 0.15) is 22.3 Å². The Kier molecular flexibility index (Phi) is 2.27. The molecule has 1 aromatic rings. The van der Waals surface area contributed by atoms with E-state index >= 15 is 0 Å². The molecule has 2 rings (SSSR count). The van der Waals surface area contributed by atoms with Gasteiger partial charge in [-0.3, -0.25) is 4.79 Å². The maximum Gasteiger partial charge on any atom is 0.248 e. The molecule has 1 aromatic carbocycles. The molecule has 3 heteroatoms. The molecule has 0 bridgehead atoms. The Morgan fingerprint density at radius 2 is 2.31 bits per heavy atom. The molecular weight excluding hydrogens is 182 g/mol. The van der Waals surface area contributed by atoms with Gasteiger partial charge in [0.25, 0.3) is 0 Å². The van der Waals surface area contributed by atoms with E-state index in [2.05, 4.69) is 0 Å². The van der Waals surface area contributed by atoms with Crippen molar-refractivity contribution >= 4 is 17.7 Å². The minimum Gasteiger partial charge on any atom is -0.366 e. The van der Waals surface area contributed by atoms with E-state index < -0.39 is 0 Å². The first kappa shape index (κ1) is 8.63. The van der Waals surface area contributed by atoms with Gasteiger partial charge in [-0.2, -0.15) is 0 Å². The van der Waals surface area contributed by atoms with Gasteiger partial charge in [0.05, 0.1) is 0 Å². The maximum absolute atomic E-state index is 10.9. The molecule has 1 aliphatic heterocycles. The fourth-order valence-electron chi connectivity index (χ4n) is 1.51. The van der Waals surface area contributed by atoms with E-state index in [1.807, 2.05) is 23.9 Å². The van der Waals surface area contributed by atoms with E-state index in [4.69, 9.17) is 5.73 Å². The molecule has 0 atom stereocenters. The van der Waals surface area contributed by atoms with E-state index in [9.17, 15) is 4.79 Å². The molecule has 0 aromatic heterocycles. The number of amides is 1. The van der Waals surface area contributed by atoms with Gasteiger partial charge in [0.1, 0.15) is 0 Å². The van der Waals surface area contributed by atoms with Crippen molar-refractivity contribution in [2.24, 2.45) is 5.73 Å². The largest absolute Gasteiger partial charge is 0.366 e. The first-order valence-corrected chi connectivity index (χ1v) is 5.31. The fourth-order valence-corrected chi connectivity index (χ4v) is 2.53. The third-order valence-electron chi connectivity index (χ3n) is 2.19. The standard InChI is InChI=1S/C10H11NOS/c11-10(12)8-3-4-9-7(6-8)2-1-5-13-9/h3-4,6H,1-2,5H2,(H2,11,12). The van der Waals surface area contributed by atoms with Gasteiger partial charge >= 0.3 is 0 Å². The SMILES string of the molecule is NC(=O)c1ccc2c(c1)CCCS2. The highest BCUT2D eigenvalue weighted by Gasteiger charge is 2.11. The lowest BCUT2D eigenvalue weighted by Crippen LogP contribution is -2.12. The lowest BCUT2D eigenvalue weighted by Gasteiger charge is -2.14. The Morgan fingerprint density at radius 3 is 3.08 bits per heavy atom. The summed E-state index contributed by atoms with van der Waals surface area (Å²) in [5.41, 5.74) is 7.10. The zero-order valence-electron chi connectivity index (χ0n) is 7.25. The molecule has 13 heavy (non-hydrogen) atoms. The van der Waals surface area contributed by atoms with Crippen molar-refractivity contribution in [3.05, 3.63) is 29.3 Å². The highest BCUT2D eigenvalue weighted by atomic mass is 32.2. The monoisotopic (exact) mass is 193 g/mol. The van der Waals surface area contributed by atoms with Gasteiger partial charge < -0.3 is 5.73 Å². The maximum atomic E-state index is 10.9. The second kappa shape index (κ2) is 3.42. The highest BCUT2D eigenvalue weighted by molar-refractivity contribution is 7.99. The molecule has 0 saturated carbocycles. The predicted octanol–water partition coefficient (Wildman–Crippen LogP) is 1.82. The lowest BCUT2D eigenvalue weighted by atomic mass is 10.1. The Bertz CT molecular complexity index is 349. The van der Waals surface area contributed by atoms with Gasteiger partial charge in [-0.05, 0) is 42.4 Å². The molecule has 0 radical (unpaired) electrons. The molecule has 0 spiro atoms. The molecule has 1 amide bonds. The van der Waals surface area contributed by atoms with Crippen LogP contribution in [0.2, 0.25) is 0 Å². The van der Waals surface area contributed by atoms with Crippen molar-refractivity contribution in [3.8, 4) is 0 Å². The number of carbonyl (C=O) groups excluding carboxylic acids is 1. The van der Waals surface area contributed by atoms with E-state index in [0.717, 1.165) is 6.42 Å². The van der Waals surface area contributed by atoms with Crippen molar-refractivity contribution in [2.75, 3.05) is 5.75 Å². The van der Waals surface area contributed by atoms with Crippen LogP contribution in [0.15, 0.2) is 23.1 Å². The van der Waals surface area contributed by atoms with Crippen molar-refractivity contribution in [1.82, 2.24) is 0 Å². The minimum atomic E-state index is -0.335. The number of rotatable bonds is 1. The van der Waals surface area contributed by atoms with Crippen molar-refractivity contribution in [3.63, 3.8) is 0 Å². The average Bonchev–Trinajstić information content (AvgIpc) is 2.17. The van der Waals surface area contributed by atoms with Crippen LogP contribution in [0.4, 0.5) is 0 Å². The van der Waals surface area contributed by atoms with E-state index in [-0.39, 0.29) is 5.91 Å². The number of nitrogens with two attached hydrogens (primary N) is 1. The molecule has 0 aliphatic carbocycles. The molecule has 1 heterocycles. The Labute approximate surface area is 81.5 Å². The van der Waals surface area contributed by atoms with Crippen LogP contribution in [0.5, 0.6) is 0 Å². The normalized spacial score (nSPS) is 15.1. The molecular formula is C10H11NOS. The number of hydrogen-bond acceptors (Lipinski definition) is 2. The smallest absolute Gasteiger partial charge is 0.248 e. The zero-order valence-corrected chi connectivity index (χ0v) is 8.06. The summed E-state index contributed by atoms with van der Waals surface area (Å²) in [6.45, 7) is 0. The van der Waals surface area contributed by atoms with Gasteiger partial charge in [0.2, 0.25) is 5.91 Å². The molecule has 1 aliphatic rings. The summed E-state index contributed by atoms with van der Waals surface area (Å²) in [5, 5.41) is 0. The number of hydrogen-bond donors (Lipinski definition) is 1. The van der Waals surface area contributed by atoms with Crippen LogP contribution in [0.3, 0.4) is 0 Å². The minimum absolute atomic E-state index is 0.335. The summed E-state index contributed by atoms with van der Waals surface area (Å²) in [6, 6.07) is 5.72. The number of fused-ring (bicyclic) bond motifs is 1. The average molecular weight is 193 g/mol. The number of primary amides is 1. The molecule has 2 nitrogen and oxygen atoms in total. The molecule has 0 fully saturated rings. The number of carbonyl (C=O) groups is 1. The summed E-state index contributed by atoms with van der Waals surface area (Å²) in [4.78, 5) is 12.2. The topological polar surface area (TPSA) is 43.1 Å². The summed E-state index contributed by atoms with van der Waals surface area (Å²) in [6.07, 6.45) is 2.27. The van der Waals surface area contributed by atoms with Crippen LogP contribution >= 0.6 is 11.8 Å².